The third kappa shape index (κ3) is 6.67. The quantitative estimate of drug-likeness (QED) is 0.617. The molecular weight excluding hydrogens is 244 g/mol. The van der Waals surface area contributed by atoms with Crippen LogP contribution in [-0.2, 0) is 6.54 Å². The van der Waals surface area contributed by atoms with Crippen LogP contribution in [0.25, 0.3) is 0 Å². The predicted octanol–water partition coefficient (Wildman–Crippen LogP) is 5.07. The van der Waals surface area contributed by atoms with Gasteiger partial charge in [0.1, 0.15) is 0 Å². The van der Waals surface area contributed by atoms with Crippen LogP contribution in [0.2, 0.25) is 0 Å². The van der Waals surface area contributed by atoms with Crippen molar-refractivity contribution in [2.45, 2.75) is 65.0 Å². The van der Waals surface area contributed by atoms with Gasteiger partial charge in [0.2, 0.25) is 0 Å². The van der Waals surface area contributed by atoms with Crippen molar-refractivity contribution < 1.29 is 8.78 Å². The Bertz CT molecular complexity index is 352. The third-order valence-corrected chi connectivity index (χ3v) is 3.35. The zero-order valence-corrected chi connectivity index (χ0v) is 12.0. The van der Waals surface area contributed by atoms with Crippen molar-refractivity contribution in [2.75, 3.05) is 0 Å². The second kappa shape index (κ2) is 9.03. The Morgan fingerprint density at radius 1 is 1.16 bits per heavy atom. The zero-order chi connectivity index (χ0) is 14.1. The topological polar surface area (TPSA) is 12.0 Å². The van der Waals surface area contributed by atoms with Crippen LogP contribution < -0.4 is 5.32 Å². The summed E-state index contributed by atoms with van der Waals surface area (Å²) in [5, 5.41) is 3.40. The number of hydrogen-bond donors (Lipinski definition) is 1. The van der Waals surface area contributed by atoms with E-state index >= 15 is 0 Å². The van der Waals surface area contributed by atoms with Gasteiger partial charge in [0.05, 0.1) is 0 Å². The minimum Gasteiger partial charge on any atom is -0.310 e. The lowest BCUT2D eigenvalue weighted by Gasteiger charge is -2.14. The molecule has 19 heavy (non-hydrogen) atoms. The first-order valence-electron chi connectivity index (χ1n) is 7.23. The second-order valence-corrected chi connectivity index (χ2v) is 5.18. The SMILES string of the molecule is CCCCCCC(C)NCc1cccc(C(F)F)c1. The minimum atomic E-state index is -2.38. The molecule has 0 amide bonds. The lowest BCUT2D eigenvalue weighted by atomic mass is 10.1. The van der Waals surface area contributed by atoms with Crippen LogP contribution in [0.3, 0.4) is 0 Å². The maximum Gasteiger partial charge on any atom is 0.263 e. The smallest absolute Gasteiger partial charge is 0.263 e. The second-order valence-electron chi connectivity index (χ2n) is 5.18. The molecule has 3 heteroatoms. The van der Waals surface area contributed by atoms with Gasteiger partial charge in [0.25, 0.3) is 6.43 Å². The maximum absolute atomic E-state index is 12.6. The van der Waals surface area contributed by atoms with Gasteiger partial charge in [-0.15, -0.1) is 0 Å². The highest BCUT2D eigenvalue weighted by Gasteiger charge is 2.07. The Hall–Kier alpha value is -0.960. The first-order valence-corrected chi connectivity index (χ1v) is 7.23. The summed E-state index contributed by atoms with van der Waals surface area (Å²) in [5.41, 5.74) is 1.04. The Kier molecular flexibility index (Phi) is 7.65. The largest absolute Gasteiger partial charge is 0.310 e. The average Bonchev–Trinajstić information content (AvgIpc) is 2.41. The van der Waals surface area contributed by atoms with E-state index < -0.39 is 6.43 Å². The summed E-state index contributed by atoms with van der Waals surface area (Å²) < 4.78 is 25.1. The van der Waals surface area contributed by atoms with Gasteiger partial charge in [-0.2, -0.15) is 0 Å². The summed E-state index contributed by atoms with van der Waals surface area (Å²) in [6, 6.07) is 7.09. The molecule has 1 atom stereocenters. The molecule has 1 nitrogen and oxygen atoms in total. The Balaban J connectivity index is 2.29. The van der Waals surface area contributed by atoms with Crippen LogP contribution in [-0.4, -0.2) is 6.04 Å². The van der Waals surface area contributed by atoms with Gasteiger partial charge in [-0.05, 0) is 25.0 Å². The van der Waals surface area contributed by atoms with Crippen LogP contribution >= 0.6 is 0 Å². The van der Waals surface area contributed by atoms with E-state index in [4.69, 9.17) is 0 Å². The van der Waals surface area contributed by atoms with Gasteiger partial charge in [0.15, 0.2) is 0 Å². The Labute approximate surface area is 115 Å². The van der Waals surface area contributed by atoms with Crippen molar-refractivity contribution in [1.82, 2.24) is 5.32 Å². The molecule has 0 aliphatic rings. The van der Waals surface area contributed by atoms with Gasteiger partial charge >= 0.3 is 0 Å². The van der Waals surface area contributed by atoms with Crippen molar-refractivity contribution in [3.8, 4) is 0 Å². The summed E-state index contributed by atoms with van der Waals surface area (Å²) in [5.74, 6) is 0. The standard InChI is InChI=1S/C16H25F2N/c1-3-4-5-6-8-13(2)19-12-14-9-7-10-15(11-14)16(17)18/h7,9-11,13,16,19H,3-6,8,12H2,1-2H3. The van der Waals surface area contributed by atoms with Crippen molar-refractivity contribution in [1.29, 1.82) is 0 Å². The van der Waals surface area contributed by atoms with Crippen LogP contribution in [0, 0.1) is 0 Å². The molecule has 0 heterocycles. The van der Waals surface area contributed by atoms with E-state index in [2.05, 4.69) is 19.2 Å². The number of nitrogens with one attached hydrogen (secondary N) is 1. The van der Waals surface area contributed by atoms with Gasteiger partial charge < -0.3 is 5.32 Å². The zero-order valence-electron chi connectivity index (χ0n) is 12.0. The fourth-order valence-corrected chi connectivity index (χ4v) is 2.11. The molecule has 108 valence electrons. The van der Waals surface area contributed by atoms with Gasteiger partial charge in [-0.25, -0.2) is 8.78 Å². The molecule has 0 radical (unpaired) electrons. The molecule has 0 aliphatic carbocycles. The third-order valence-electron chi connectivity index (χ3n) is 3.35. The molecule has 1 aromatic rings. The van der Waals surface area contributed by atoms with Crippen molar-refractivity contribution in [2.24, 2.45) is 0 Å². The minimum absolute atomic E-state index is 0.106. The maximum atomic E-state index is 12.6. The Morgan fingerprint density at radius 3 is 2.63 bits per heavy atom. The molecule has 1 rings (SSSR count). The molecule has 1 aromatic carbocycles. The highest BCUT2D eigenvalue weighted by molar-refractivity contribution is 5.24. The number of unbranched alkanes of at least 4 members (excludes halogenated alkanes) is 3. The highest BCUT2D eigenvalue weighted by atomic mass is 19.3. The van der Waals surface area contributed by atoms with E-state index in [1.54, 1.807) is 12.1 Å². The van der Waals surface area contributed by atoms with Crippen LogP contribution in [0.1, 0.15) is 63.5 Å². The van der Waals surface area contributed by atoms with Crippen LogP contribution in [0.15, 0.2) is 24.3 Å². The molecule has 0 aliphatic heterocycles. The van der Waals surface area contributed by atoms with E-state index in [0.717, 1.165) is 12.0 Å². The Morgan fingerprint density at radius 2 is 1.95 bits per heavy atom. The molecule has 1 unspecified atom stereocenters. The molecule has 0 saturated carbocycles. The normalized spacial score (nSPS) is 12.9. The summed E-state index contributed by atoms with van der Waals surface area (Å²) in [4.78, 5) is 0. The molecule has 1 N–H and O–H groups in total. The summed E-state index contributed by atoms with van der Waals surface area (Å²) in [6.07, 6.45) is 3.83. The lowest BCUT2D eigenvalue weighted by molar-refractivity contribution is 0.151. The van der Waals surface area contributed by atoms with E-state index in [9.17, 15) is 8.78 Å². The number of rotatable bonds is 9. The first kappa shape index (κ1) is 16.1. The molecule has 0 bridgehead atoms. The lowest BCUT2D eigenvalue weighted by Crippen LogP contribution is -2.25. The fraction of sp³-hybridized carbons (Fsp3) is 0.625. The van der Waals surface area contributed by atoms with Crippen LogP contribution in [0.4, 0.5) is 8.78 Å². The molecule has 0 saturated heterocycles. The molecule has 0 aromatic heterocycles. The van der Waals surface area contributed by atoms with E-state index in [1.807, 2.05) is 6.07 Å². The monoisotopic (exact) mass is 269 g/mol. The predicted molar refractivity (Wildman–Crippen MR) is 76.5 cm³/mol. The summed E-state index contributed by atoms with van der Waals surface area (Å²) in [7, 11) is 0. The number of hydrogen-bond acceptors (Lipinski definition) is 1. The summed E-state index contributed by atoms with van der Waals surface area (Å²) >= 11 is 0. The molecular formula is C16H25F2N. The van der Waals surface area contributed by atoms with Crippen molar-refractivity contribution in [3.63, 3.8) is 0 Å². The number of benzene rings is 1. The van der Waals surface area contributed by atoms with Crippen LogP contribution in [0.5, 0.6) is 0 Å². The summed E-state index contributed by atoms with van der Waals surface area (Å²) in [6.45, 7) is 5.02. The highest BCUT2D eigenvalue weighted by Crippen LogP contribution is 2.19. The molecule has 0 spiro atoms. The number of alkyl halides is 2. The van der Waals surface area contributed by atoms with Crippen molar-refractivity contribution in [3.05, 3.63) is 35.4 Å². The average molecular weight is 269 g/mol. The number of halogens is 2. The van der Waals surface area contributed by atoms with Gasteiger partial charge in [-0.1, -0.05) is 50.8 Å². The van der Waals surface area contributed by atoms with Gasteiger partial charge in [0, 0.05) is 18.2 Å². The fourth-order valence-electron chi connectivity index (χ4n) is 2.11. The van der Waals surface area contributed by atoms with Gasteiger partial charge in [-0.3, -0.25) is 0 Å². The first-order chi connectivity index (χ1) is 9.13. The van der Waals surface area contributed by atoms with E-state index in [-0.39, 0.29) is 5.56 Å². The van der Waals surface area contributed by atoms with E-state index in [0.29, 0.717) is 12.6 Å². The van der Waals surface area contributed by atoms with E-state index in [1.165, 1.54) is 31.7 Å². The molecule has 0 fully saturated rings. The van der Waals surface area contributed by atoms with Crippen molar-refractivity contribution >= 4 is 0 Å².